The van der Waals surface area contributed by atoms with Gasteiger partial charge in [-0.2, -0.15) is 5.10 Å². The molecule has 88 valence electrons. The SMILES string of the molecule is CCOC(=O)c1cccc(N)c1-n1cncn1. The summed E-state index contributed by atoms with van der Waals surface area (Å²) < 4.78 is 6.41. The number of ether oxygens (including phenoxy) is 1. The molecule has 1 aromatic heterocycles. The Bertz CT molecular complexity index is 522. The summed E-state index contributed by atoms with van der Waals surface area (Å²) in [6, 6.07) is 5.03. The number of esters is 1. The van der Waals surface area contributed by atoms with Crippen LogP contribution in [0.1, 0.15) is 17.3 Å². The van der Waals surface area contributed by atoms with E-state index in [1.807, 2.05) is 0 Å². The van der Waals surface area contributed by atoms with Crippen molar-refractivity contribution in [3.8, 4) is 5.69 Å². The first-order chi connectivity index (χ1) is 8.24. The monoisotopic (exact) mass is 232 g/mol. The summed E-state index contributed by atoms with van der Waals surface area (Å²) in [5, 5.41) is 3.97. The fourth-order valence-corrected chi connectivity index (χ4v) is 1.51. The van der Waals surface area contributed by atoms with Gasteiger partial charge in [-0.15, -0.1) is 0 Å². The zero-order chi connectivity index (χ0) is 12.3. The molecule has 0 radical (unpaired) electrons. The van der Waals surface area contributed by atoms with Crippen LogP contribution in [0.3, 0.4) is 0 Å². The number of carbonyl (C=O) groups is 1. The standard InChI is InChI=1S/C11H12N4O2/c1-2-17-11(16)8-4-3-5-9(12)10(8)15-7-13-6-14-15/h3-7H,2,12H2,1H3. The van der Waals surface area contributed by atoms with E-state index >= 15 is 0 Å². The molecule has 0 saturated heterocycles. The van der Waals surface area contributed by atoms with Gasteiger partial charge in [-0.25, -0.2) is 14.5 Å². The van der Waals surface area contributed by atoms with Gasteiger partial charge in [-0.05, 0) is 19.1 Å². The maximum Gasteiger partial charge on any atom is 0.340 e. The van der Waals surface area contributed by atoms with Gasteiger partial charge in [0.05, 0.1) is 17.9 Å². The molecule has 0 saturated carbocycles. The summed E-state index contributed by atoms with van der Waals surface area (Å²) in [4.78, 5) is 15.6. The molecule has 0 atom stereocenters. The van der Waals surface area contributed by atoms with Crippen LogP contribution in [0.5, 0.6) is 0 Å². The third-order valence-electron chi connectivity index (χ3n) is 2.21. The Labute approximate surface area is 98.0 Å². The lowest BCUT2D eigenvalue weighted by molar-refractivity contribution is 0.0526. The van der Waals surface area contributed by atoms with Crippen LogP contribution in [0.2, 0.25) is 0 Å². The van der Waals surface area contributed by atoms with E-state index in [4.69, 9.17) is 10.5 Å². The Morgan fingerprint density at radius 1 is 1.53 bits per heavy atom. The Balaban J connectivity index is 2.53. The Kier molecular flexibility index (Phi) is 3.04. The van der Waals surface area contributed by atoms with E-state index in [0.29, 0.717) is 23.5 Å². The minimum atomic E-state index is -0.426. The van der Waals surface area contributed by atoms with Gasteiger partial charge >= 0.3 is 5.97 Å². The number of rotatable bonds is 3. The van der Waals surface area contributed by atoms with E-state index in [9.17, 15) is 4.79 Å². The fourth-order valence-electron chi connectivity index (χ4n) is 1.51. The molecule has 0 amide bonds. The number of hydrogen-bond acceptors (Lipinski definition) is 5. The average Bonchev–Trinajstić information content (AvgIpc) is 2.82. The summed E-state index contributed by atoms with van der Waals surface area (Å²) in [6.45, 7) is 2.06. The summed E-state index contributed by atoms with van der Waals surface area (Å²) >= 11 is 0. The van der Waals surface area contributed by atoms with Crippen LogP contribution in [0, 0.1) is 0 Å². The van der Waals surface area contributed by atoms with Gasteiger partial charge < -0.3 is 10.5 Å². The van der Waals surface area contributed by atoms with E-state index in [1.165, 1.54) is 17.3 Å². The van der Waals surface area contributed by atoms with E-state index in [-0.39, 0.29) is 0 Å². The van der Waals surface area contributed by atoms with Crippen LogP contribution in [-0.4, -0.2) is 27.3 Å². The van der Waals surface area contributed by atoms with Crippen molar-refractivity contribution in [2.45, 2.75) is 6.92 Å². The third-order valence-corrected chi connectivity index (χ3v) is 2.21. The Morgan fingerprint density at radius 2 is 2.35 bits per heavy atom. The van der Waals surface area contributed by atoms with Crippen LogP contribution in [0.25, 0.3) is 5.69 Å². The summed E-state index contributed by atoms with van der Waals surface area (Å²) in [6.07, 6.45) is 2.86. The number of nitrogens with two attached hydrogens (primary N) is 1. The van der Waals surface area contributed by atoms with Gasteiger partial charge in [0, 0.05) is 0 Å². The van der Waals surface area contributed by atoms with Crippen molar-refractivity contribution in [1.29, 1.82) is 0 Å². The molecule has 0 aliphatic heterocycles. The highest BCUT2D eigenvalue weighted by atomic mass is 16.5. The van der Waals surface area contributed by atoms with Gasteiger partial charge in [-0.3, -0.25) is 0 Å². The zero-order valence-electron chi connectivity index (χ0n) is 9.33. The van der Waals surface area contributed by atoms with Crippen LogP contribution in [0.4, 0.5) is 5.69 Å². The van der Waals surface area contributed by atoms with Crippen LogP contribution in [-0.2, 0) is 4.74 Å². The first-order valence-electron chi connectivity index (χ1n) is 5.14. The molecule has 0 aliphatic rings. The molecule has 0 fully saturated rings. The first-order valence-corrected chi connectivity index (χ1v) is 5.14. The molecule has 17 heavy (non-hydrogen) atoms. The lowest BCUT2D eigenvalue weighted by Crippen LogP contribution is -2.12. The Morgan fingerprint density at radius 3 is 3.00 bits per heavy atom. The smallest absolute Gasteiger partial charge is 0.340 e. The van der Waals surface area contributed by atoms with Gasteiger partial charge in [-0.1, -0.05) is 6.07 Å². The maximum absolute atomic E-state index is 11.8. The zero-order valence-corrected chi connectivity index (χ0v) is 9.33. The number of nitrogen functional groups attached to an aromatic ring is 1. The van der Waals surface area contributed by atoms with Crippen molar-refractivity contribution >= 4 is 11.7 Å². The molecular weight excluding hydrogens is 220 g/mol. The summed E-state index contributed by atoms with van der Waals surface area (Å²) in [5.74, 6) is -0.426. The number of anilines is 1. The lowest BCUT2D eigenvalue weighted by Gasteiger charge is -2.10. The van der Waals surface area contributed by atoms with Crippen molar-refractivity contribution in [3.05, 3.63) is 36.4 Å². The third kappa shape index (κ3) is 2.10. The number of aromatic nitrogens is 3. The second-order valence-corrected chi connectivity index (χ2v) is 3.30. The highest BCUT2D eigenvalue weighted by Gasteiger charge is 2.16. The van der Waals surface area contributed by atoms with Crippen molar-refractivity contribution < 1.29 is 9.53 Å². The largest absolute Gasteiger partial charge is 0.462 e. The molecule has 2 aromatic rings. The molecule has 0 bridgehead atoms. The average molecular weight is 232 g/mol. The summed E-state index contributed by atoms with van der Waals surface area (Å²) in [5.41, 5.74) is 7.16. The Hall–Kier alpha value is -2.37. The fraction of sp³-hybridized carbons (Fsp3) is 0.182. The predicted molar refractivity (Wildman–Crippen MR) is 61.7 cm³/mol. The van der Waals surface area contributed by atoms with Crippen LogP contribution >= 0.6 is 0 Å². The highest BCUT2D eigenvalue weighted by molar-refractivity contribution is 5.95. The minimum absolute atomic E-state index is 0.310. The summed E-state index contributed by atoms with van der Waals surface area (Å²) in [7, 11) is 0. The topological polar surface area (TPSA) is 83.0 Å². The molecule has 0 unspecified atom stereocenters. The number of nitrogens with zero attached hydrogens (tertiary/aromatic N) is 3. The van der Waals surface area contributed by atoms with Crippen molar-refractivity contribution in [1.82, 2.24) is 14.8 Å². The molecule has 0 spiro atoms. The number of benzene rings is 1. The van der Waals surface area contributed by atoms with E-state index in [1.54, 1.807) is 25.1 Å². The van der Waals surface area contributed by atoms with Gasteiger partial charge in [0.2, 0.25) is 0 Å². The first kappa shape index (κ1) is 11.1. The highest BCUT2D eigenvalue weighted by Crippen LogP contribution is 2.21. The lowest BCUT2D eigenvalue weighted by atomic mass is 10.1. The molecule has 6 heteroatoms. The molecule has 6 nitrogen and oxygen atoms in total. The number of hydrogen-bond donors (Lipinski definition) is 1. The van der Waals surface area contributed by atoms with Gasteiger partial charge in [0.25, 0.3) is 0 Å². The molecule has 2 N–H and O–H groups in total. The van der Waals surface area contributed by atoms with Crippen LogP contribution < -0.4 is 5.73 Å². The number of para-hydroxylation sites is 1. The minimum Gasteiger partial charge on any atom is -0.462 e. The van der Waals surface area contributed by atoms with Crippen molar-refractivity contribution in [2.24, 2.45) is 0 Å². The molecule has 0 aliphatic carbocycles. The maximum atomic E-state index is 11.8. The van der Waals surface area contributed by atoms with Crippen molar-refractivity contribution in [2.75, 3.05) is 12.3 Å². The van der Waals surface area contributed by atoms with Crippen molar-refractivity contribution in [3.63, 3.8) is 0 Å². The van der Waals surface area contributed by atoms with E-state index in [2.05, 4.69) is 10.1 Å². The normalized spacial score (nSPS) is 10.2. The quantitative estimate of drug-likeness (QED) is 0.631. The molecule has 1 aromatic carbocycles. The molecular formula is C11H12N4O2. The molecule has 2 rings (SSSR count). The van der Waals surface area contributed by atoms with E-state index in [0.717, 1.165) is 0 Å². The van der Waals surface area contributed by atoms with Crippen LogP contribution in [0.15, 0.2) is 30.9 Å². The predicted octanol–water partition coefficient (Wildman–Crippen LogP) is 1.03. The second kappa shape index (κ2) is 4.65. The number of carbonyl (C=O) groups excluding carboxylic acids is 1. The van der Waals surface area contributed by atoms with Gasteiger partial charge in [0.1, 0.15) is 18.3 Å². The second-order valence-electron chi connectivity index (χ2n) is 3.30. The van der Waals surface area contributed by atoms with E-state index < -0.39 is 5.97 Å². The molecule has 1 heterocycles. The van der Waals surface area contributed by atoms with Gasteiger partial charge in [0.15, 0.2) is 0 Å².